The summed E-state index contributed by atoms with van der Waals surface area (Å²) in [6.45, 7) is 8.17. The van der Waals surface area contributed by atoms with Crippen molar-refractivity contribution in [3.8, 4) is 0 Å². The predicted molar refractivity (Wildman–Crippen MR) is 128 cm³/mol. The Balaban J connectivity index is 2.01. The van der Waals surface area contributed by atoms with Gasteiger partial charge in [0.2, 0.25) is 15.9 Å². The van der Waals surface area contributed by atoms with Gasteiger partial charge in [0.1, 0.15) is 6.04 Å². The summed E-state index contributed by atoms with van der Waals surface area (Å²) in [5.41, 5.74) is 4.83. The number of nitrogens with one attached hydrogen (secondary N) is 1. The summed E-state index contributed by atoms with van der Waals surface area (Å²) >= 11 is 1.74. The first-order chi connectivity index (χ1) is 14.1. The third-order valence-electron chi connectivity index (χ3n) is 4.87. The van der Waals surface area contributed by atoms with Crippen LogP contribution in [0.2, 0.25) is 0 Å². The van der Waals surface area contributed by atoms with Crippen molar-refractivity contribution in [2.45, 2.75) is 45.9 Å². The first-order valence-electron chi connectivity index (χ1n) is 10.1. The normalized spacial score (nSPS) is 12.4. The highest BCUT2D eigenvalue weighted by atomic mass is 32.2. The van der Waals surface area contributed by atoms with Crippen LogP contribution in [-0.4, -0.2) is 38.9 Å². The van der Waals surface area contributed by atoms with Gasteiger partial charge in [-0.2, -0.15) is 11.8 Å². The summed E-state index contributed by atoms with van der Waals surface area (Å²) in [6.07, 6.45) is 1.55. The van der Waals surface area contributed by atoms with Crippen molar-refractivity contribution in [3.63, 3.8) is 0 Å². The SMILES string of the molecule is CC[C@H](C(=O)NCCSCc1ccc(C)cc1)N(c1cc(C)ccc1C)S(C)(=O)=O. The Morgan fingerprint density at radius 1 is 1.07 bits per heavy atom. The van der Waals surface area contributed by atoms with Crippen LogP contribution < -0.4 is 9.62 Å². The van der Waals surface area contributed by atoms with E-state index in [1.165, 1.54) is 15.4 Å². The minimum atomic E-state index is -3.62. The summed E-state index contributed by atoms with van der Waals surface area (Å²) < 4.78 is 26.5. The standard InChI is InChI=1S/C23H32N2O3S2/c1-6-21(25(30(5,27)28)22-15-18(3)7-10-19(22)4)23(26)24-13-14-29-16-20-11-8-17(2)9-12-20/h7-12,15,21H,6,13-14,16H2,1-5H3,(H,24,26)/t21-/m1/s1. The van der Waals surface area contributed by atoms with E-state index in [1.54, 1.807) is 11.8 Å². The number of carbonyl (C=O) groups is 1. The van der Waals surface area contributed by atoms with E-state index in [2.05, 4.69) is 36.5 Å². The Bertz CT molecular complexity index is 957. The highest BCUT2D eigenvalue weighted by Gasteiger charge is 2.32. The molecule has 0 aliphatic carbocycles. The van der Waals surface area contributed by atoms with E-state index in [0.717, 1.165) is 28.9 Å². The lowest BCUT2D eigenvalue weighted by molar-refractivity contribution is -0.122. The highest BCUT2D eigenvalue weighted by molar-refractivity contribution is 7.98. The molecular formula is C23H32N2O3S2. The fourth-order valence-corrected chi connectivity index (χ4v) is 5.31. The minimum absolute atomic E-state index is 0.264. The van der Waals surface area contributed by atoms with Crippen molar-refractivity contribution >= 4 is 33.4 Å². The van der Waals surface area contributed by atoms with Crippen LogP contribution in [0.15, 0.2) is 42.5 Å². The Kier molecular flexibility index (Phi) is 8.79. The molecule has 1 amide bonds. The van der Waals surface area contributed by atoms with E-state index in [1.807, 2.05) is 39.0 Å². The van der Waals surface area contributed by atoms with Crippen molar-refractivity contribution in [2.24, 2.45) is 0 Å². The molecule has 0 radical (unpaired) electrons. The molecule has 2 rings (SSSR count). The van der Waals surface area contributed by atoms with Crippen LogP contribution in [0, 0.1) is 20.8 Å². The monoisotopic (exact) mass is 448 g/mol. The lowest BCUT2D eigenvalue weighted by Gasteiger charge is -2.31. The van der Waals surface area contributed by atoms with Gasteiger partial charge in [0, 0.05) is 18.1 Å². The van der Waals surface area contributed by atoms with Crippen LogP contribution >= 0.6 is 11.8 Å². The summed E-state index contributed by atoms with van der Waals surface area (Å²) in [7, 11) is -3.62. The molecule has 0 fully saturated rings. The van der Waals surface area contributed by atoms with Gasteiger partial charge in [-0.05, 0) is 49.9 Å². The number of thioether (sulfide) groups is 1. The van der Waals surface area contributed by atoms with Crippen molar-refractivity contribution in [3.05, 3.63) is 64.7 Å². The van der Waals surface area contributed by atoms with E-state index in [0.29, 0.717) is 18.7 Å². The van der Waals surface area contributed by atoms with E-state index < -0.39 is 16.1 Å². The van der Waals surface area contributed by atoms with E-state index in [-0.39, 0.29) is 5.91 Å². The van der Waals surface area contributed by atoms with Crippen LogP contribution in [-0.2, 0) is 20.6 Å². The lowest BCUT2D eigenvalue weighted by atomic mass is 10.1. The Morgan fingerprint density at radius 2 is 1.70 bits per heavy atom. The average Bonchev–Trinajstić information content (AvgIpc) is 2.68. The smallest absolute Gasteiger partial charge is 0.243 e. The second-order valence-electron chi connectivity index (χ2n) is 7.60. The summed E-state index contributed by atoms with van der Waals surface area (Å²) in [4.78, 5) is 12.9. The second kappa shape index (κ2) is 10.9. The number of sulfonamides is 1. The number of hydrogen-bond acceptors (Lipinski definition) is 4. The molecule has 0 aliphatic heterocycles. The van der Waals surface area contributed by atoms with Crippen LogP contribution in [0.4, 0.5) is 5.69 Å². The number of hydrogen-bond donors (Lipinski definition) is 1. The predicted octanol–water partition coefficient (Wildman–Crippen LogP) is 4.21. The molecule has 30 heavy (non-hydrogen) atoms. The molecular weight excluding hydrogens is 416 g/mol. The highest BCUT2D eigenvalue weighted by Crippen LogP contribution is 2.27. The lowest BCUT2D eigenvalue weighted by Crippen LogP contribution is -2.50. The largest absolute Gasteiger partial charge is 0.353 e. The zero-order chi connectivity index (χ0) is 22.3. The fourth-order valence-electron chi connectivity index (χ4n) is 3.23. The minimum Gasteiger partial charge on any atom is -0.353 e. The van der Waals surface area contributed by atoms with Gasteiger partial charge in [-0.1, -0.05) is 48.9 Å². The van der Waals surface area contributed by atoms with Gasteiger partial charge in [-0.3, -0.25) is 9.10 Å². The summed E-state index contributed by atoms with van der Waals surface area (Å²) in [5.74, 6) is 1.38. The molecule has 5 nitrogen and oxygen atoms in total. The van der Waals surface area contributed by atoms with E-state index >= 15 is 0 Å². The topological polar surface area (TPSA) is 66.5 Å². The Labute approximate surface area is 185 Å². The van der Waals surface area contributed by atoms with Crippen LogP contribution in [0.5, 0.6) is 0 Å². The molecule has 1 N–H and O–H groups in total. The number of amides is 1. The molecule has 0 saturated heterocycles. The quantitative estimate of drug-likeness (QED) is 0.553. The zero-order valence-corrected chi connectivity index (χ0v) is 20.1. The van der Waals surface area contributed by atoms with E-state index in [9.17, 15) is 13.2 Å². The second-order valence-corrected chi connectivity index (χ2v) is 10.6. The average molecular weight is 449 g/mol. The number of benzene rings is 2. The summed E-state index contributed by atoms with van der Waals surface area (Å²) in [6, 6.07) is 13.3. The molecule has 0 aromatic heterocycles. The Hall–Kier alpha value is -1.99. The number of rotatable bonds is 10. The number of aryl methyl sites for hydroxylation is 3. The first kappa shape index (κ1) is 24.3. The maximum Gasteiger partial charge on any atom is 0.243 e. The first-order valence-corrected chi connectivity index (χ1v) is 13.1. The van der Waals surface area contributed by atoms with Gasteiger partial charge in [0.15, 0.2) is 0 Å². The molecule has 1 atom stereocenters. The molecule has 0 unspecified atom stereocenters. The number of nitrogens with zero attached hydrogens (tertiary/aromatic N) is 1. The fraction of sp³-hybridized carbons (Fsp3) is 0.435. The van der Waals surface area contributed by atoms with Gasteiger partial charge in [0.25, 0.3) is 0 Å². The molecule has 7 heteroatoms. The van der Waals surface area contributed by atoms with Crippen molar-refractivity contribution in [2.75, 3.05) is 22.9 Å². The Morgan fingerprint density at radius 3 is 2.30 bits per heavy atom. The molecule has 2 aromatic carbocycles. The van der Waals surface area contributed by atoms with E-state index in [4.69, 9.17) is 0 Å². The molecule has 0 aliphatic rings. The van der Waals surface area contributed by atoms with Crippen molar-refractivity contribution < 1.29 is 13.2 Å². The van der Waals surface area contributed by atoms with Gasteiger partial charge in [0.05, 0.1) is 11.9 Å². The van der Waals surface area contributed by atoms with Crippen LogP contribution in [0.25, 0.3) is 0 Å². The van der Waals surface area contributed by atoms with Gasteiger partial charge in [-0.25, -0.2) is 8.42 Å². The van der Waals surface area contributed by atoms with Gasteiger partial charge >= 0.3 is 0 Å². The van der Waals surface area contributed by atoms with Gasteiger partial charge < -0.3 is 5.32 Å². The maximum atomic E-state index is 12.9. The molecule has 0 spiro atoms. The third-order valence-corrected chi connectivity index (χ3v) is 7.06. The maximum absolute atomic E-state index is 12.9. The molecule has 0 saturated carbocycles. The molecule has 164 valence electrons. The zero-order valence-electron chi connectivity index (χ0n) is 18.4. The third kappa shape index (κ3) is 6.77. The molecule has 2 aromatic rings. The van der Waals surface area contributed by atoms with Gasteiger partial charge in [-0.15, -0.1) is 0 Å². The van der Waals surface area contributed by atoms with Crippen molar-refractivity contribution in [1.29, 1.82) is 0 Å². The van der Waals surface area contributed by atoms with Crippen LogP contribution in [0.1, 0.15) is 35.6 Å². The van der Waals surface area contributed by atoms with Crippen LogP contribution in [0.3, 0.4) is 0 Å². The molecule has 0 heterocycles. The number of carbonyl (C=O) groups excluding carboxylic acids is 1. The van der Waals surface area contributed by atoms with Crippen molar-refractivity contribution in [1.82, 2.24) is 5.32 Å². The number of anilines is 1. The summed E-state index contributed by atoms with van der Waals surface area (Å²) in [5, 5.41) is 2.92. The molecule has 0 bridgehead atoms.